The zero-order valence-electron chi connectivity index (χ0n) is 12.5. The first-order valence-corrected chi connectivity index (χ1v) is 7.30. The first-order valence-electron chi connectivity index (χ1n) is 7.30. The van der Waals surface area contributed by atoms with Crippen molar-refractivity contribution in [2.24, 2.45) is 5.92 Å². The Kier molecular flexibility index (Phi) is 7.02. The van der Waals surface area contributed by atoms with Crippen LogP contribution in [0.15, 0.2) is 6.33 Å². The van der Waals surface area contributed by atoms with E-state index < -0.39 is 0 Å². The lowest BCUT2D eigenvalue weighted by molar-refractivity contribution is 0.515. The van der Waals surface area contributed by atoms with Gasteiger partial charge in [0, 0.05) is 12.2 Å². The maximum atomic E-state index is 4.32. The van der Waals surface area contributed by atoms with Gasteiger partial charge in [0.2, 0.25) is 0 Å². The molecule has 104 valence electrons. The third-order valence-electron chi connectivity index (χ3n) is 3.40. The number of aryl methyl sites for hydroxylation is 2. The molecule has 0 bridgehead atoms. The number of imidazole rings is 1. The number of hydrogen-bond donors (Lipinski definition) is 1. The van der Waals surface area contributed by atoms with E-state index in [1.54, 1.807) is 0 Å². The summed E-state index contributed by atoms with van der Waals surface area (Å²) < 4.78 is 2.27. The number of hydrogen-bond acceptors (Lipinski definition) is 2. The Morgan fingerprint density at radius 1 is 1.17 bits per heavy atom. The van der Waals surface area contributed by atoms with Crippen LogP contribution in [0.1, 0.15) is 50.9 Å². The summed E-state index contributed by atoms with van der Waals surface area (Å²) >= 11 is 0. The van der Waals surface area contributed by atoms with E-state index in [2.05, 4.69) is 42.6 Å². The van der Waals surface area contributed by atoms with Gasteiger partial charge in [-0.3, -0.25) is 0 Å². The summed E-state index contributed by atoms with van der Waals surface area (Å²) in [5, 5.41) is 3.49. The predicted octanol–water partition coefficient (Wildman–Crippen LogP) is 3.31. The van der Waals surface area contributed by atoms with Crippen LogP contribution >= 0.6 is 0 Å². The normalized spacial score (nSPS) is 11.4. The van der Waals surface area contributed by atoms with Crippen molar-refractivity contribution in [2.45, 2.75) is 59.9 Å². The Labute approximate surface area is 112 Å². The molecule has 1 N–H and O–H groups in total. The maximum Gasteiger partial charge on any atom is 0.0951 e. The molecule has 0 saturated heterocycles. The van der Waals surface area contributed by atoms with Crippen LogP contribution in [-0.4, -0.2) is 22.6 Å². The molecule has 0 fully saturated rings. The third kappa shape index (κ3) is 5.67. The fourth-order valence-corrected chi connectivity index (χ4v) is 2.05. The highest BCUT2D eigenvalue weighted by molar-refractivity contribution is 5.08. The SMILES string of the molecule is Cc1ncn(CCCCCCNCC(C)C)c1C. The van der Waals surface area contributed by atoms with Crippen LogP contribution in [0.3, 0.4) is 0 Å². The molecule has 0 saturated carbocycles. The zero-order chi connectivity index (χ0) is 13.4. The van der Waals surface area contributed by atoms with Gasteiger partial charge in [0.25, 0.3) is 0 Å². The van der Waals surface area contributed by atoms with Crippen molar-refractivity contribution in [1.29, 1.82) is 0 Å². The summed E-state index contributed by atoms with van der Waals surface area (Å²) in [6.45, 7) is 12.2. The number of nitrogens with zero attached hydrogens (tertiary/aromatic N) is 2. The first kappa shape index (κ1) is 15.2. The second kappa shape index (κ2) is 8.30. The molecule has 0 aromatic carbocycles. The van der Waals surface area contributed by atoms with E-state index in [1.165, 1.54) is 37.9 Å². The summed E-state index contributed by atoms with van der Waals surface area (Å²) in [4.78, 5) is 4.32. The van der Waals surface area contributed by atoms with Crippen LogP contribution in [0.5, 0.6) is 0 Å². The lowest BCUT2D eigenvalue weighted by Crippen LogP contribution is -2.20. The Hall–Kier alpha value is -0.830. The first-order chi connectivity index (χ1) is 8.61. The molecule has 1 rings (SSSR count). The molecule has 3 nitrogen and oxygen atoms in total. The largest absolute Gasteiger partial charge is 0.335 e. The van der Waals surface area contributed by atoms with Gasteiger partial charge in [-0.1, -0.05) is 26.7 Å². The van der Waals surface area contributed by atoms with E-state index in [1.807, 2.05) is 6.33 Å². The van der Waals surface area contributed by atoms with Gasteiger partial charge < -0.3 is 9.88 Å². The highest BCUT2D eigenvalue weighted by Gasteiger charge is 2.00. The molecule has 18 heavy (non-hydrogen) atoms. The van der Waals surface area contributed by atoms with Crippen LogP contribution in [0.4, 0.5) is 0 Å². The summed E-state index contributed by atoms with van der Waals surface area (Å²) in [6.07, 6.45) is 7.18. The van der Waals surface area contributed by atoms with Crippen LogP contribution in [0, 0.1) is 19.8 Å². The lowest BCUT2D eigenvalue weighted by Gasteiger charge is -2.07. The highest BCUT2D eigenvalue weighted by atomic mass is 15.0. The van der Waals surface area contributed by atoms with Crippen molar-refractivity contribution in [3.63, 3.8) is 0 Å². The Balaban J connectivity index is 1.97. The van der Waals surface area contributed by atoms with E-state index in [-0.39, 0.29) is 0 Å². The highest BCUT2D eigenvalue weighted by Crippen LogP contribution is 2.07. The zero-order valence-corrected chi connectivity index (χ0v) is 12.5. The molecule has 1 aromatic heterocycles. The van der Waals surface area contributed by atoms with Crippen molar-refractivity contribution < 1.29 is 0 Å². The smallest absolute Gasteiger partial charge is 0.0951 e. The maximum absolute atomic E-state index is 4.32. The summed E-state index contributed by atoms with van der Waals surface area (Å²) in [7, 11) is 0. The molecule has 0 aliphatic rings. The van der Waals surface area contributed by atoms with Crippen molar-refractivity contribution in [3.05, 3.63) is 17.7 Å². The van der Waals surface area contributed by atoms with Crippen LogP contribution in [0.2, 0.25) is 0 Å². The predicted molar refractivity (Wildman–Crippen MR) is 77.9 cm³/mol. The van der Waals surface area contributed by atoms with Crippen molar-refractivity contribution in [2.75, 3.05) is 13.1 Å². The molecule has 0 radical (unpaired) electrons. The van der Waals surface area contributed by atoms with Gasteiger partial charge in [-0.2, -0.15) is 0 Å². The molecule has 1 heterocycles. The van der Waals surface area contributed by atoms with Crippen LogP contribution in [-0.2, 0) is 6.54 Å². The standard InChI is InChI=1S/C15H29N3/c1-13(2)11-16-9-7-5-6-8-10-18-12-17-14(3)15(18)4/h12-13,16H,5-11H2,1-4H3. The molecule has 0 aliphatic heterocycles. The Morgan fingerprint density at radius 3 is 2.50 bits per heavy atom. The van der Waals surface area contributed by atoms with Crippen LogP contribution < -0.4 is 5.32 Å². The van der Waals surface area contributed by atoms with E-state index >= 15 is 0 Å². The minimum absolute atomic E-state index is 0.762. The summed E-state index contributed by atoms with van der Waals surface area (Å²) in [5.41, 5.74) is 2.47. The van der Waals surface area contributed by atoms with Gasteiger partial charge >= 0.3 is 0 Å². The quantitative estimate of drug-likeness (QED) is 0.682. The lowest BCUT2D eigenvalue weighted by atomic mass is 10.2. The van der Waals surface area contributed by atoms with Gasteiger partial charge in [-0.05, 0) is 45.7 Å². The number of aromatic nitrogens is 2. The van der Waals surface area contributed by atoms with Gasteiger partial charge in [0.1, 0.15) is 0 Å². The van der Waals surface area contributed by atoms with Crippen molar-refractivity contribution >= 4 is 0 Å². The minimum atomic E-state index is 0.762. The number of rotatable bonds is 9. The van der Waals surface area contributed by atoms with Gasteiger partial charge in [-0.15, -0.1) is 0 Å². The molecule has 0 atom stereocenters. The fourth-order valence-electron chi connectivity index (χ4n) is 2.05. The number of nitrogens with one attached hydrogen (secondary N) is 1. The molecular weight excluding hydrogens is 222 g/mol. The second-order valence-corrected chi connectivity index (χ2v) is 5.62. The van der Waals surface area contributed by atoms with Crippen molar-refractivity contribution in [1.82, 2.24) is 14.9 Å². The molecule has 1 aromatic rings. The summed E-state index contributed by atoms with van der Waals surface area (Å²) in [5.74, 6) is 0.762. The average molecular weight is 251 g/mol. The average Bonchev–Trinajstić information content (AvgIpc) is 2.64. The second-order valence-electron chi connectivity index (χ2n) is 5.62. The molecule has 0 amide bonds. The van der Waals surface area contributed by atoms with Gasteiger partial charge in [-0.25, -0.2) is 4.98 Å². The monoisotopic (exact) mass is 251 g/mol. The Morgan fingerprint density at radius 2 is 1.89 bits per heavy atom. The molecular formula is C15H29N3. The van der Waals surface area contributed by atoms with Gasteiger partial charge in [0.05, 0.1) is 12.0 Å². The van der Waals surface area contributed by atoms with E-state index in [4.69, 9.17) is 0 Å². The van der Waals surface area contributed by atoms with Crippen molar-refractivity contribution in [3.8, 4) is 0 Å². The molecule has 0 spiro atoms. The topological polar surface area (TPSA) is 29.9 Å². The number of unbranched alkanes of at least 4 members (excludes halogenated alkanes) is 3. The third-order valence-corrected chi connectivity index (χ3v) is 3.40. The van der Waals surface area contributed by atoms with E-state index in [9.17, 15) is 0 Å². The summed E-state index contributed by atoms with van der Waals surface area (Å²) in [6, 6.07) is 0. The van der Waals surface area contributed by atoms with E-state index in [0.717, 1.165) is 24.7 Å². The molecule has 0 aliphatic carbocycles. The molecule has 3 heteroatoms. The van der Waals surface area contributed by atoms with Gasteiger partial charge in [0.15, 0.2) is 0 Å². The molecule has 0 unspecified atom stereocenters. The van der Waals surface area contributed by atoms with Crippen LogP contribution in [0.25, 0.3) is 0 Å². The van der Waals surface area contributed by atoms with E-state index in [0.29, 0.717) is 0 Å². The fraction of sp³-hybridized carbons (Fsp3) is 0.800. The minimum Gasteiger partial charge on any atom is -0.335 e. The Bertz CT molecular complexity index is 328.